The number of ether oxygens (including phenoxy) is 3. The van der Waals surface area contributed by atoms with Crippen LogP contribution in [0.15, 0.2) is 48.6 Å². The summed E-state index contributed by atoms with van der Waals surface area (Å²) in [6, 6.07) is 0. The number of unbranched alkanes of at least 4 members (excludes halogenated alkanes) is 12. The van der Waals surface area contributed by atoms with Crippen molar-refractivity contribution in [2.75, 3.05) is 26.4 Å². The zero-order chi connectivity index (χ0) is 39.5. The molecule has 0 saturated carbocycles. The van der Waals surface area contributed by atoms with Crippen molar-refractivity contribution in [3.05, 3.63) is 48.6 Å². The van der Waals surface area contributed by atoms with Crippen LogP contribution in [-0.4, -0.2) is 77.9 Å². The number of aliphatic hydroxyl groups excluding tert-OH is 2. The largest absolute Gasteiger partial charge is 0.472 e. The highest BCUT2D eigenvalue weighted by atomic mass is 31.2. The van der Waals surface area contributed by atoms with Crippen LogP contribution < -0.4 is 0 Å². The minimum atomic E-state index is -4.64. The minimum absolute atomic E-state index is 0.102. The molecule has 12 heteroatoms. The van der Waals surface area contributed by atoms with Gasteiger partial charge in [-0.15, -0.1) is 0 Å². The summed E-state index contributed by atoms with van der Waals surface area (Å²) in [7, 11) is -4.64. The van der Waals surface area contributed by atoms with Gasteiger partial charge in [-0.25, -0.2) is 4.57 Å². The fraction of sp³-hybridized carbons (Fsp3) is 0.762. The van der Waals surface area contributed by atoms with Gasteiger partial charge in [-0.1, -0.05) is 120 Å². The van der Waals surface area contributed by atoms with E-state index in [2.05, 4.69) is 54.8 Å². The van der Waals surface area contributed by atoms with E-state index in [-0.39, 0.29) is 19.4 Å². The SMILES string of the molecule is CCCCCC/C=C\CCCCCCCC(=O)OC[C@H](COP(=O)(O)OC[C@@H](O)CO)OC(=O)CCC/C=C\C/C=C\C/C=C\CC1OC1CCCCC. The van der Waals surface area contributed by atoms with E-state index >= 15 is 0 Å². The predicted octanol–water partition coefficient (Wildman–Crippen LogP) is 9.54. The molecule has 1 fully saturated rings. The van der Waals surface area contributed by atoms with E-state index < -0.39 is 51.8 Å². The lowest BCUT2D eigenvalue weighted by molar-refractivity contribution is -0.161. The number of esters is 2. The molecule has 0 aromatic heterocycles. The molecule has 1 aliphatic rings. The van der Waals surface area contributed by atoms with Crippen molar-refractivity contribution in [3.8, 4) is 0 Å². The Morgan fingerprint density at radius 2 is 1.22 bits per heavy atom. The van der Waals surface area contributed by atoms with Crippen LogP contribution in [0.5, 0.6) is 0 Å². The highest BCUT2D eigenvalue weighted by molar-refractivity contribution is 7.47. The van der Waals surface area contributed by atoms with Gasteiger partial charge in [0.05, 0.1) is 32.0 Å². The molecule has 0 spiro atoms. The van der Waals surface area contributed by atoms with Crippen molar-refractivity contribution >= 4 is 19.8 Å². The Kier molecular flexibility index (Phi) is 31.6. The third kappa shape index (κ3) is 31.1. The highest BCUT2D eigenvalue weighted by Crippen LogP contribution is 2.43. The molecule has 0 bridgehead atoms. The maximum atomic E-state index is 12.6. The fourth-order valence-corrected chi connectivity index (χ4v) is 6.33. The van der Waals surface area contributed by atoms with Crippen molar-refractivity contribution in [1.82, 2.24) is 0 Å². The molecule has 0 aliphatic carbocycles. The van der Waals surface area contributed by atoms with Crippen LogP contribution in [-0.2, 0) is 37.4 Å². The number of hydrogen-bond donors (Lipinski definition) is 3. The molecule has 0 radical (unpaired) electrons. The normalized spacial score (nSPS) is 18.2. The Morgan fingerprint density at radius 1 is 0.667 bits per heavy atom. The van der Waals surface area contributed by atoms with Gasteiger partial charge in [0.1, 0.15) is 12.7 Å². The van der Waals surface area contributed by atoms with Gasteiger partial charge in [-0.3, -0.25) is 18.6 Å². The number of phosphoric ester groups is 1. The highest BCUT2D eigenvalue weighted by Gasteiger charge is 2.36. The fourth-order valence-electron chi connectivity index (χ4n) is 5.54. The number of epoxide rings is 1. The first-order valence-corrected chi connectivity index (χ1v) is 22.2. The second-order valence-electron chi connectivity index (χ2n) is 14.0. The molecule has 1 rings (SSSR count). The van der Waals surface area contributed by atoms with Gasteiger partial charge in [0.25, 0.3) is 0 Å². The number of aliphatic hydroxyl groups is 2. The molecule has 0 aromatic carbocycles. The molecule has 312 valence electrons. The Balaban J connectivity index is 2.32. The van der Waals surface area contributed by atoms with Crippen LogP contribution in [0.1, 0.15) is 155 Å². The van der Waals surface area contributed by atoms with Crippen molar-refractivity contribution in [2.45, 2.75) is 180 Å². The number of carbonyl (C=O) groups excluding carboxylic acids is 2. The van der Waals surface area contributed by atoms with Crippen LogP contribution >= 0.6 is 7.82 Å². The number of hydrogen-bond acceptors (Lipinski definition) is 10. The summed E-state index contributed by atoms with van der Waals surface area (Å²) >= 11 is 0. The van der Waals surface area contributed by atoms with Crippen molar-refractivity contribution in [3.63, 3.8) is 0 Å². The molecule has 1 aliphatic heterocycles. The number of carbonyl (C=O) groups is 2. The average molecular weight is 785 g/mol. The maximum Gasteiger partial charge on any atom is 0.472 e. The predicted molar refractivity (Wildman–Crippen MR) is 214 cm³/mol. The van der Waals surface area contributed by atoms with Crippen LogP contribution in [0.25, 0.3) is 0 Å². The van der Waals surface area contributed by atoms with Crippen LogP contribution in [0.4, 0.5) is 0 Å². The van der Waals surface area contributed by atoms with Crippen molar-refractivity contribution in [2.24, 2.45) is 0 Å². The molecule has 3 unspecified atom stereocenters. The van der Waals surface area contributed by atoms with Gasteiger partial charge in [-0.2, -0.15) is 0 Å². The van der Waals surface area contributed by atoms with Crippen LogP contribution in [0.3, 0.4) is 0 Å². The third-order valence-electron chi connectivity index (χ3n) is 8.88. The average Bonchev–Trinajstić information content (AvgIpc) is 3.91. The maximum absolute atomic E-state index is 12.6. The summed E-state index contributed by atoms with van der Waals surface area (Å²) in [6.07, 6.45) is 36.9. The smallest absolute Gasteiger partial charge is 0.462 e. The molecule has 3 N–H and O–H groups in total. The van der Waals surface area contributed by atoms with Gasteiger partial charge in [0.15, 0.2) is 6.10 Å². The van der Waals surface area contributed by atoms with Gasteiger partial charge in [-0.05, 0) is 70.6 Å². The number of rotatable bonds is 37. The minimum Gasteiger partial charge on any atom is -0.462 e. The Hall–Kier alpha value is -2.11. The van der Waals surface area contributed by atoms with Crippen molar-refractivity contribution < 1.29 is 52.5 Å². The summed E-state index contributed by atoms with van der Waals surface area (Å²) in [5, 5.41) is 18.3. The van der Waals surface area contributed by atoms with E-state index in [0.29, 0.717) is 31.5 Å². The van der Waals surface area contributed by atoms with Crippen LogP contribution in [0.2, 0.25) is 0 Å². The van der Waals surface area contributed by atoms with Gasteiger partial charge >= 0.3 is 19.8 Å². The summed E-state index contributed by atoms with van der Waals surface area (Å²) in [5.74, 6) is -1.01. The Labute approximate surface area is 326 Å². The van der Waals surface area contributed by atoms with E-state index in [4.69, 9.17) is 23.8 Å². The van der Waals surface area contributed by atoms with E-state index in [9.17, 15) is 24.2 Å². The first kappa shape index (κ1) is 49.9. The zero-order valence-corrected chi connectivity index (χ0v) is 34.3. The standard InChI is InChI=1S/C42H73O11P/c1-3-5-7-8-9-10-11-12-13-17-20-23-27-31-41(45)49-35-38(36-51-54(47,48)50-34-37(44)33-43)52-42(46)32-28-24-21-18-15-14-16-19-22-26-30-40-39(53-40)29-25-6-4-2/h10-11,14,16,18,21-22,26,37-40,43-44H,3-9,12-13,15,17,19-20,23-25,27-36H2,1-2H3,(H,47,48)/b11-10-,16-14-,21-18-,26-22-/t37-,38+,39?,40?/m0/s1. The number of phosphoric acid groups is 1. The second kappa shape index (κ2) is 34.2. The monoisotopic (exact) mass is 784 g/mol. The topological polar surface area (TPSA) is 161 Å². The lowest BCUT2D eigenvalue weighted by Gasteiger charge is -2.20. The third-order valence-corrected chi connectivity index (χ3v) is 9.83. The first-order valence-electron chi connectivity index (χ1n) is 20.7. The molecular formula is C42H73O11P. The molecule has 1 saturated heterocycles. The lowest BCUT2D eigenvalue weighted by atomic mass is 10.1. The van der Waals surface area contributed by atoms with Crippen molar-refractivity contribution in [1.29, 1.82) is 0 Å². The van der Waals surface area contributed by atoms with E-state index in [0.717, 1.165) is 57.8 Å². The Morgan fingerprint density at radius 3 is 1.93 bits per heavy atom. The molecule has 1 heterocycles. The van der Waals surface area contributed by atoms with Gasteiger partial charge in [0.2, 0.25) is 0 Å². The number of allylic oxidation sites excluding steroid dienone is 7. The quantitative estimate of drug-likeness (QED) is 0.0181. The van der Waals surface area contributed by atoms with E-state index in [1.807, 2.05) is 12.2 Å². The first-order chi connectivity index (χ1) is 26.2. The van der Waals surface area contributed by atoms with Crippen LogP contribution in [0, 0.1) is 0 Å². The van der Waals surface area contributed by atoms with E-state index in [1.54, 1.807) is 0 Å². The lowest BCUT2D eigenvalue weighted by Crippen LogP contribution is -2.29. The van der Waals surface area contributed by atoms with Gasteiger partial charge in [0, 0.05) is 12.8 Å². The summed E-state index contributed by atoms with van der Waals surface area (Å²) in [5.41, 5.74) is 0. The molecule has 5 atom stereocenters. The molecule has 0 aromatic rings. The molecular weight excluding hydrogens is 711 g/mol. The Bertz CT molecular complexity index is 1110. The van der Waals surface area contributed by atoms with E-state index in [1.165, 1.54) is 51.4 Å². The summed E-state index contributed by atoms with van der Waals surface area (Å²) in [4.78, 5) is 34.9. The second-order valence-corrected chi connectivity index (χ2v) is 15.5. The molecule has 0 amide bonds. The van der Waals surface area contributed by atoms with Gasteiger partial charge < -0.3 is 29.3 Å². The molecule has 54 heavy (non-hydrogen) atoms. The summed E-state index contributed by atoms with van der Waals surface area (Å²) < 4.78 is 38.3. The zero-order valence-electron chi connectivity index (χ0n) is 33.4. The molecule has 11 nitrogen and oxygen atoms in total. The summed E-state index contributed by atoms with van der Waals surface area (Å²) in [6.45, 7) is 2.24.